The van der Waals surface area contributed by atoms with Crippen molar-refractivity contribution in [2.75, 3.05) is 0 Å². The molecule has 0 aliphatic carbocycles. The van der Waals surface area contributed by atoms with Crippen molar-refractivity contribution in [1.82, 2.24) is 14.5 Å². The molecule has 0 N–H and O–H groups in total. The van der Waals surface area contributed by atoms with Crippen LogP contribution in [0, 0.1) is 0 Å². The fourth-order valence-electron chi connectivity index (χ4n) is 1.23. The van der Waals surface area contributed by atoms with Crippen molar-refractivity contribution >= 4 is 23.5 Å². The summed E-state index contributed by atoms with van der Waals surface area (Å²) in [6.07, 6.45) is 7.63. The molecule has 2 aromatic rings. The summed E-state index contributed by atoms with van der Waals surface area (Å²) in [5.41, 5.74) is 1.08. The molecule has 0 saturated carbocycles. The molecule has 0 saturated heterocycles. The first kappa shape index (κ1) is 9.70. The Morgan fingerprint density at radius 1 is 1.36 bits per heavy atom. The average Bonchev–Trinajstić information content (AvgIpc) is 2.68. The van der Waals surface area contributed by atoms with Gasteiger partial charge < -0.3 is 0 Å². The zero-order valence-electron chi connectivity index (χ0n) is 8.31. The van der Waals surface area contributed by atoms with Crippen LogP contribution >= 0.6 is 0 Å². The van der Waals surface area contributed by atoms with Crippen LogP contribution in [0.3, 0.4) is 0 Å². The van der Waals surface area contributed by atoms with Gasteiger partial charge in [0, 0.05) is 0 Å². The number of hydrogen-bond acceptors (Lipinski definition) is 2. The first-order valence-electron chi connectivity index (χ1n) is 4.52. The van der Waals surface area contributed by atoms with Crippen molar-refractivity contribution in [2.24, 2.45) is 0 Å². The first-order valence-corrected chi connectivity index (χ1v) is 11.7. The van der Waals surface area contributed by atoms with E-state index in [1.165, 1.54) is 3.71 Å². The molecule has 2 aromatic heterocycles. The van der Waals surface area contributed by atoms with Gasteiger partial charge in [0.05, 0.1) is 0 Å². The Bertz CT molecular complexity index is 408. The Labute approximate surface area is 90.6 Å². The fourth-order valence-corrected chi connectivity index (χ4v) is 3.26. The normalized spacial score (nSPS) is 10.8. The van der Waals surface area contributed by atoms with Gasteiger partial charge in [0.1, 0.15) is 0 Å². The van der Waals surface area contributed by atoms with Crippen LogP contribution in [-0.4, -0.2) is 34.3 Å². The van der Waals surface area contributed by atoms with Crippen LogP contribution in [0.5, 0.6) is 0 Å². The van der Waals surface area contributed by atoms with Gasteiger partial charge in [-0.05, 0) is 0 Å². The van der Waals surface area contributed by atoms with Crippen LogP contribution in [0.2, 0.25) is 9.88 Å². The summed E-state index contributed by atoms with van der Waals surface area (Å²) in [5, 5.41) is 0. The molecule has 0 aliphatic heterocycles. The average molecular weight is 293 g/mol. The molecule has 0 fully saturated rings. The SMILES string of the molecule is [CH3][Sn]([CH3])[c]1cn(-c2cccnc2)cn1. The number of pyridine rings is 1. The molecule has 0 spiro atoms. The molecule has 14 heavy (non-hydrogen) atoms. The Morgan fingerprint density at radius 3 is 2.79 bits per heavy atom. The van der Waals surface area contributed by atoms with Crippen LogP contribution in [0.1, 0.15) is 0 Å². The van der Waals surface area contributed by atoms with Crippen molar-refractivity contribution < 1.29 is 0 Å². The maximum absolute atomic E-state index is 4.41. The summed E-state index contributed by atoms with van der Waals surface area (Å²) in [5.74, 6) is 0. The van der Waals surface area contributed by atoms with Crippen molar-refractivity contribution in [3.63, 3.8) is 0 Å². The van der Waals surface area contributed by atoms with E-state index in [0.29, 0.717) is 0 Å². The van der Waals surface area contributed by atoms with Gasteiger partial charge in [-0.1, -0.05) is 0 Å². The summed E-state index contributed by atoms with van der Waals surface area (Å²) < 4.78 is 3.34. The number of aromatic nitrogens is 3. The summed E-state index contributed by atoms with van der Waals surface area (Å²) in [6.45, 7) is 0. The van der Waals surface area contributed by atoms with E-state index in [9.17, 15) is 0 Å². The van der Waals surface area contributed by atoms with Gasteiger partial charge in [0.25, 0.3) is 0 Å². The molecule has 3 nitrogen and oxygen atoms in total. The Hall–Kier alpha value is -0.841. The second-order valence-corrected chi connectivity index (χ2v) is 10.5. The van der Waals surface area contributed by atoms with Crippen LogP contribution in [0.15, 0.2) is 37.1 Å². The van der Waals surface area contributed by atoms with Gasteiger partial charge in [-0.25, -0.2) is 0 Å². The van der Waals surface area contributed by atoms with Gasteiger partial charge in [-0.2, -0.15) is 0 Å². The molecule has 0 bridgehead atoms. The van der Waals surface area contributed by atoms with Gasteiger partial charge in [0.15, 0.2) is 0 Å². The molecular formula is C10H12N3Sn. The maximum atomic E-state index is 4.41. The summed E-state index contributed by atoms with van der Waals surface area (Å²) in [6, 6.07) is 3.97. The topological polar surface area (TPSA) is 30.7 Å². The third-order valence-electron chi connectivity index (χ3n) is 2.04. The third kappa shape index (κ3) is 1.97. The minimum atomic E-state index is -1.30. The fraction of sp³-hybridized carbons (Fsp3) is 0.200. The van der Waals surface area contributed by atoms with E-state index in [0.717, 1.165) is 5.69 Å². The number of nitrogens with zero attached hydrogens (tertiary/aromatic N) is 3. The molecule has 0 amide bonds. The molecule has 2 heterocycles. The molecule has 0 atom stereocenters. The molecule has 0 unspecified atom stereocenters. The van der Waals surface area contributed by atoms with E-state index in [-0.39, 0.29) is 0 Å². The van der Waals surface area contributed by atoms with E-state index >= 15 is 0 Å². The van der Waals surface area contributed by atoms with E-state index < -0.39 is 19.8 Å². The van der Waals surface area contributed by atoms with Crippen molar-refractivity contribution in [2.45, 2.75) is 9.88 Å². The second-order valence-electron chi connectivity index (χ2n) is 3.38. The van der Waals surface area contributed by atoms with Crippen molar-refractivity contribution in [3.8, 4) is 5.69 Å². The van der Waals surface area contributed by atoms with Gasteiger partial charge >= 0.3 is 90.6 Å². The third-order valence-corrected chi connectivity index (χ3v) is 5.70. The van der Waals surface area contributed by atoms with Crippen LogP contribution in [-0.2, 0) is 0 Å². The van der Waals surface area contributed by atoms with E-state index in [1.807, 2.05) is 29.2 Å². The van der Waals surface area contributed by atoms with Gasteiger partial charge in [0.2, 0.25) is 0 Å². The molecule has 0 aliphatic rings. The zero-order chi connectivity index (χ0) is 9.97. The molecule has 71 valence electrons. The van der Waals surface area contributed by atoms with Gasteiger partial charge in [-0.15, -0.1) is 0 Å². The molecule has 4 heteroatoms. The Morgan fingerprint density at radius 2 is 2.21 bits per heavy atom. The quantitative estimate of drug-likeness (QED) is 0.780. The van der Waals surface area contributed by atoms with Gasteiger partial charge in [-0.3, -0.25) is 0 Å². The molecule has 0 aromatic carbocycles. The van der Waals surface area contributed by atoms with E-state index in [4.69, 9.17) is 0 Å². The van der Waals surface area contributed by atoms with Crippen molar-refractivity contribution in [3.05, 3.63) is 37.1 Å². The van der Waals surface area contributed by atoms with Crippen LogP contribution in [0.4, 0.5) is 0 Å². The van der Waals surface area contributed by atoms with Crippen LogP contribution < -0.4 is 3.71 Å². The predicted octanol–water partition coefficient (Wildman–Crippen LogP) is 1.23. The summed E-state index contributed by atoms with van der Waals surface area (Å²) >= 11 is -1.30. The molecule has 1 radical (unpaired) electrons. The monoisotopic (exact) mass is 294 g/mol. The summed E-state index contributed by atoms with van der Waals surface area (Å²) in [4.78, 5) is 13.2. The van der Waals surface area contributed by atoms with E-state index in [2.05, 4.69) is 26.0 Å². The zero-order valence-corrected chi connectivity index (χ0v) is 11.2. The first-order chi connectivity index (χ1) is 6.77. The van der Waals surface area contributed by atoms with Crippen LogP contribution in [0.25, 0.3) is 5.69 Å². The number of hydrogen-bond donors (Lipinski definition) is 0. The second kappa shape index (κ2) is 4.12. The Balaban J connectivity index is 2.34. The van der Waals surface area contributed by atoms with Crippen molar-refractivity contribution in [1.29, 1.82) is 0 Å². The van der Waals surface area contributed by atoms with E-state index in [1.54, 1.807) is 6.20 Å². The standard InChI is InChI=1S/C8H6N3.2CH3.Sn/c1-2-8(6-9-3-1)11-5-4-10-7-11;;;/h1-3,5-7H;2*1H3;. The number of rotatable bonds is 2. The molecule has 2 rings (SSSR count). The molecular weight excluding hydrogens is 281 g/mol. The number of imidazole rings is 1. The predicted molar refractivity (Wildman–Crippen MR) is 58.5 cm³/mol. The Kier molecular flexibility index (Phi) is 2.86. The minimum absolute atomic E-state index is 1.08. The summed E-state index contributed by atoms with van der Waals surface area (Å²) in [7, 11) is 0.